The van der Waals surface area contributed by atoms with Crippen molar-refractivity contribution in [3.05, 3.63) is 0 Å². The first-order chi connectivity index (χ1) is 9.72. The van der Waals surface area contributed by atoms with E-state index in [9.17, 15) is 5.11 Å². The number of hydrogen-bond acceptors (Lipinski definition) is 3. The molecule has 2 saturated heterocycles. The Bertz CT molecular complexity index is 303. The second-order valence-corrected chi connectivity index (χ2v) is 7.27. The van der Waals surface area contributed by atoms with Crippen molar-refractivity contribution in [2.24, 2.45) is 17.8 Å². The van der Waals surface area contributed by atoms with Gasteiger partial charge >= 0.3 is 0 Å². The molecule has 20 heavy (non-hydrogen) atoms. The quantitative estimate of drug-likeness (QED) is 0.864. The normalized spacial score (nSPS) is 43.8. The van der Waals surface area contributed by atoms with Crippen LogP contribution in [0.15, 0.2) is 0 Å². The number of rotatable bonds is 3. The van der Waals surface area contributed by atoms with Crippen molar-refractivity contribution in [2.75, 3.05) is 19.8 Å². The first-order valence-corrected chi connectivity index (χ1v) is 8.62. The van der Waals surface area contributed by atoms with Gasteiger partial charge in [0, 0.05) is 19.6 Å². The molecule has 0 aromatic carbocycles. The summed E-state index contributed by atoms with van der Waals surface area (Å²) in [5.74, 6) is 1.86. The summed E-state index contributed by atoms with van der Waals surface area (Å²) in [7, 11) is 0. The summed E-state index contributed by atoms with van der Waals surface area (Å²) in [6.45, 7) is 4.66. The zero-order valence-electron chi connectivity index (χ0n) is 12.9. The van der Waals surface area contributed by atoms with Crippen LogP contribution in [0.25, 0.3) is 0 Å². The molecule has 0 bridgehead atoms. The van der Waals surface area contributed by atoms with Crippen molar-refractivity contribution < 1.29 is 14.6 Å². The molecule has 3 heteroatoms. The monoisotopic (exact) mass is 282 g/mol. The van der Waals surface area contributed by atoms with Gasteiger partial charge in [-0.2, -0.15) is 0 Å². The zero-order chi connectivity index (χ0) is 14.0. The Morgan fingerprint density at radius 1 is 1.10 bits per heavy atom. The molecule has 1 N–H and O–H groups in total. The van der Waals surface area contributed by atoms with E-state index >= 15 is 0 Å². The molecule has 3 rings (SSSR count). The molecule has 3 fully saturated rings. The van der Waals surface area contributed by atoms with Gasteiger partial charge in [-0.1, -0.05) is 26.2 Å². The summed E-state index contributed by atoms with van der Waals surface area (Å²) in [5, 5.41) is 10.8. The van der Waals surface area contributed by atoms with Gasteiger partial charge in [0.25, 0.3) is 0 Å². The lowest BCUT2D eigenvalue weighted by Crippen LogP contribution is -2.45. The van der Waals surface area contributed by atoms with Crippen LogP contribution in [0.1, 0.15) is 58.3 Å². The van der Waals surface area contributed by atoms with E-state index in [0.717, 1.165) is 45.0 Å². The maximum atomic E-state index is 10.8. The Kier molecular flexibility index (Phi) is 4.68. The zero-order valence-corrected chi connectivity index (χ0v) is 12.9. The largest absolute Gasteiger partial charge is 0.393 e. The van der Waals surface area contributed by atoms with Gasteiger partial charge < -0.3 is 14.6 Å². The molecule has 0 aromatic rings. The predicted molar refractivity (Wildman–Crippen MR) is 78.6 cm³/mol. The average Bonchev–Trinajstić information content (AvgIpc) is 2.94. The maximum Gasteiger partial charge on any atom is 0.0940 e. The molecule has 3 unspecified atom stereocenters. The summed E-state index contributed by atoms with van der Waals surface area (Å²) < 4.78 is 11.5. The Morgan fingerprint density at radius 3 is 2.55 bits per heavy atom. The third-order valence-corrected chi connectivity index (χ3v) is 6.03. The van der Waals surface area contributed by atoms with Crippen LogP contribution in [0.3, 0.4) is 0 Å². The number of ether oxygens (including phenoxy) is 2. The topological polar surface area (TPSA) is 38.7 Å². The average molecular weight is 282 g/mol. The number of hydrogen-bond donors (Lipinski definition) is 1. The molecule has 1 spiro atoms. The van der Waals surface area contributed by atoms with Crippen LogP contribution in [0, 0.1) is 17.8 Å². The van der Waals surface area contributed by atoms with Crippen LogP contribution in [0.2, 0.25) is 0 Å². The minimum atomic E-state index is -0.116. The molecule has 0 radical (unpaired) electrons. The fraction of sp³-hybridized carbons (Fsp3) is 1.00. The molecule has 116 valence electrons. The van der Waals surface area contributed by atoms with Gasteiger partial charge in [-0.15, -0.1) is 0 Å². The van der Waals surface area contributed by atoms with E-state index in [1.165, 1.54) is 32.1 Å². The highest BCUT2D eigenvalue weighted by Crippen LogP contribution is 2.41. The molecule has 0 aromatic heterocycles. The number of aliphatic hydroxyl groups excluding tert-OH is 1. The molecule has 3 nitrogen and oxygen atoms in total. The van der Waals surface area contributed by atoms with Crippen molar-refractivity contribution in [3.63, 3.8) is 0 Å². The van der Waals surface area contributed by atoms with Crippen molar-refractivity contribution >= 4 is 0 Å². The Morgan fingerprint density at radius 2 is 1.90 bits per heavy atom. The lowest BCUT2D eigenvalue weighted by Gasteiger charge is -2.42. The summed E-state index contributed by atoms with van der Waals surface area (Å²) in [4.78, 5) is 0. The van der Waals surface area contributed by atoms with Crippen LogP contribution in [-0.4, -0.2) is 36.6 Å². The maximum absolute atomic E-state index is 10.8. The Labute approximate surface area is 123 Å². The standard InChI is InChI=1S/C17H30O3/c1-2-13-3-5-14(6-4-13)16(18)15-7-9-20-17(11-15)8-10-19-12-17/h13-16,18H,2-12H2,1H3. The van der Waals surface area contributed by atoms with Crippen LogP contribution in [-0.2, 0) is 9.47 Å². The van der Waals surface area contributed by atoms with Gasteiger partial charge in [-0.3, -0.25) is 0 Å². The minimum Gasteiger partial charge on any atom is -0.393 e. The number of aliphatic hydroxyl groups is 1. The summed E-state index contributed by atoms with van der Waals surface area (Å²) in [6.07, 6.45) is 9.30. The molecule has 3 atom stereocenters. The fourth-order valence-electron chi connectivity index (χ4n) is 4.54. The van der Waals surface area contributed by atoms with E-state index in [1.807, 2.05) is 0 Å². The predicted octanol–water partition coefficient (Wildman–Crippen LogP) is 3.15. The SMILES string of the molecule is CCC1CCC(C(O)C2CCOC3(CCOC3)C2)CC1. The summed E-state index contributed by atoms with van der Waals surface area (Å²) in [6, 6.07) is 0. The second kappa shape index (κ2) is 6.33. The molecule has 2 aliphatic heterocycles. The third-order valence-electron chi connectivity index (χ3n) is 6.03. The van der Waals surface area contributed by atoms with Gasteiger partial charge in [0.05, 0.1) is 18.3 Å². The van der Waals surface area contributed by atoms with E-state index in [-0.39, 0.29) is 11.7 Å². The molecular weight excluding hydrogens is 252 g/mol. The smallest absolute Gasteiger partial charge is 0.0940 e. The fourth-order valence-corrected chi connectivity index (χ4v) is 4.54. The highest BCUT2D eigenvalue weighted by atomic mass is 16.6. The third kappa shape index (κ3) is 3.05. The van der Waals surface area contributed by atoms with Crippen LogP contribution in [0.4, 0.5) is 0 Å². The molecule has 0 amide bonds. The Hall–Kier alpha value is -0.120. The second-order valence-electron chi connectivity index (χ2n) is 7.27. The highest BCUT2D eigenvalue weighted by molar-refractivity contribution is 4.93. The summed E-state index contributed by atoms with van der Waals surface area (Å²) in [5.41, 5.74) is -0.0650. The van der Waals surface area contributed by atoms with Gasteiger partial charge in [-0.05, 0) is 43.4 Å². The van der Waals surface area contributed by atoms with Gasteiger partial charge in [0.1, 0.15) is 0 Å². The molecule has 1 saturated carbocycles. The van der Waals surface area contributed by atoms with Crippen LogP contribution in [0.5, 0.6) is 0 Å². The molecular formula is C17H30O3. The molecule has 2 heterocycles. The van der Waals surface area contributed by atoms with Gasteiger partial charge in [0.15, 0.2) is 0 Å². The Balaban J connectivity index is 1.55. The first kappa shape index (κ1) is 14.8. The lowest BCUT2D eigenvalue weighted by molar-refractivity contribution is -0.125. The van der Waals surface area contributed by atoms with Crippen molar-refractivity contribution in [3.8, 4) is 0 Å². The van der Waals surface area contributed by atoms with E-state index in [1.54, 1.807) is 0 Å². The highest BCUT2D eigenvalue weighted by Gasteiger charge is 2.44. The molecule has 3 aliphatic rings. The van der Waals surface area contributed by atoms with Crippen molar-refractivity contribution in [1.82, 2.24) is 0 Å². The van der Waals surface area contributed by atoms with E-state index < -0.39 is 0 Å². The van der Waals surface area contributed by atoms with Crippen molar-refractivity contribution in [1.29, 1.82) is 0 Å². The van der Waals surface area contributed by atoms with E-state index in [4.69, 9.17) is 9.47 Å². The summed E-state index contributed by atoms with van der Waals surface area (Å²) >= 11 is 0. The van der Waals surface area contributed by atoms with Crippen LogP contribution >= 0.6 is 0 Å². The van der Waals surface area contributed by atoms with E-state index in [2.05, 4.69) is 6.92 Å². The minimum absolute atomic E-state index is 0.0650. The first-order valence-electron chi connectivity index (χ1n) is 8.62. The van der Waals surface area contributed by atoms with Crippen molar-refractivity contribution in [2.45, 2.75) is 70.0 Å². The molecule has 1 aliphatic carbocycles. The lowest BCUT2D eigenvalue weighted by atomic mass is 9.72. The van der Waals surface area contributed by atoms with Crippen LogP contribution < -0.4 is 0 Å². The van der Waals surface area contributed by atoms with Gasteiger partial charge in [-0.25, -0.2) is 0 Å². The van der Waals surface area contributed by atoms with Gasteiger partial charge in [0.2, 0.25) is 0 Å². The van der Waals surface area contributed by atoms with E-state index in [0.29, 0.717) is 11.8 Å².